The topological polar surface area (TPSA) is 120 Å². The number of carbonyl (C=O) groups excluding carboxylic acids is 1. The van der Waals surface area contributed by atoms with Gasteiger partial charge in [-0.15, -0.1) is 11.3 Å². The number of aryl methyl sites for hydroxylation is 1. The maximum absolute atomic E-state index is 12.8. The first kappa shape index (κ1) is 25.6. The van der Waals surface area contributed by atoms with E-state index < -0.39 is 12.4 Å². The van der Waals surface area contributed by atoms with E-state index in [1.165, 1.54) is 16.2 Å². The van der Waals surface area contributed by atoms with Crippen molar-refractivity contribution >= 4 is 56.0 Å². The van der Waals surface area contributed by atoms with Crippen LogP contribution in [0.3, 0.4) is 0 Å². The van der Waals surface area contributed by atoms with Gasteiger partial charge in [0.15, 0.2) is 18.1 Å². The predicted molar refractivity (Wildman–Crippen MR) is 150 cm³/mol. The minimum Gasteiger partial charge on any atom is -0.480 e. The zero-order valence-corrected chi connectivity index (χ0v) is 23.0. The van der Waals surface area contributed by atoms with Gasteiger partial charge in [-0.25, -0.2) is 19.7 Å². The third kappa shape index (κ3) is 4.57. The Hall–Kier alpha value is -4.66. The number of thiazole rings is 1. The maximum atomic E-state index is 12.8. The number of nitriles is 1. The molecule has 10 nitrogen and oxygen atoms in total. The average molecular weight is 574 g/mol. The molecule has 2 aromatic heterocycles. The van der Waals surface area contributed by atoms with Crippen LogP contribution in [0.15, 0.2) is 48.7 Å². The molecule has 200 valence electrons. The van der Waals surface area contributed by atoms with Crippen molar-refractivity contribution in [3.8, 4) is 34.0 Å². The Morgan fingerprint density at radius 3 is 2.88 bits per heavy atom. The van der Waals surface area contributed by atoms with Gasteiger partial charge in [0.1, 0.15) is 15.2 Å². The molecule has 3 aromatic carbocycles. The number of carbonyl (C=O) groups is 1. The number of hydrogen-bond acceptors (Lipinski definition) is 10. The number of ether oxygens (including phenoxy) is 4. The molecular weight excluding hydrogens is 554 g/mol. The number of hydrogen-bond donors (Lipinski definition) is 0. The van der Waals surface area contributed by atoms with Crippen molar-refractivity contribution in [3.05, 3.63) is 64.8 Å². The van der Waals surface area contributed by atoms with Crippen LogP contribution in [-0.2, 0) is 4.74 Å². The largest absolute Gasteiger partial charge is 0.480 e. The average Bonchev–Trinajstić information content (AvgIpc) is 3.42. The lowest BCUT2D eigenvalue weighted by Crippen LogP contribution is -2.38. The van der Waals surface area contributed by atoms with Crippen molar-refractivity contribution in [1.29, 1.82) is 5.26 Å². The summed E-state index contributed by atoms with van der Waals surface area (Å²) in [6, 6.07) is 14.2. The first-order chi connectivity index (χ1) is 19.3. The summed E-state index contributed by atoms with van der Waals surface area (Å²) in [5.41, 5.74) is 4.67. The highest BCUT2D eigenvalue weighted by atomic mass is 35.5. The number of fused-ring (bicyclic) bond motifs is 4. The number of anilines is 1. The molecule has 1 aliphatic rings. The Kier molecular flexibility index (Phi) is 6.50. The molecule has 0 aliphatic carbocycles. The molecule has 1 atom stereocenters. The van der Waals surface area contributed by atoms with Crippen LogP contribution in [0, 0.1) is 18.3 Å². The van der Waals surface area contributed by atoms with Crippen molar-refractivity contribution in [2.24, 2.45) is 0 Å². The van der Waals surface area contributed by atoms with E-state index in [2.05, 4.69) is 9.97 Å². The molecule has 0 unspecified atom stereocenters. The lowest BCUT2D eigenvalue weighted by molar-refractivity contribution is -0.0717. The molecule has 1 aliphatic heterocycles. The Morgan fingerprint density at radius 1 is 1.23 bits per heavy atom. The smallest absolute Gasteiger partial charge is 0.417 e. The van der Waals surface area contributed by atoms with Gasteiger partial charge < -0.3 is 18.9 Å². The molecule has 1 amide bonds. The summed E-state index contributed by atoms with van der Waals surface area (Å²) < 4.78 is 23.4. The van der Waals surface area contributed by atoms with Crippen LogP contribution in [-0.4, -0.2) is 48.1 Å². The fourth-order valence-corrected chi connectivity index (χ4v) is 5.70. The van der Waals surface area contributed by atoms with Gasteiger partial charge in [-0.2, -0.15) is 5.26 Å². The molecule has 0 bridgehead atoms. The summed E-state index contributed by atoms with van der Waals surface area (Å²) in [7, 11) is 3.09. The van der Waals surface area contributed by atoms with Crippen molar-refractivity contribution in [1.82, 2.24) is 15.0 Å². The Balaban J connectivity index is 1.29. The fourth-order valence-electron chi connectivity index (χ4n) is 4.31. The zero-order chi connectivity index (χ0) is 28.0. The summed E-state index contributed by atoms with van der Waals surface area (Å²) in [5.74, 6) is 1.23. The number of nitrogens with zero attached hydrogens (tertiary/aromatic N) is 5. The fraction of sp³-hybridized carbons (Fsp3) is 0.179. The van der Waals surface area contributed by atoms with E-state index in [9.17, 15) is 4.79 Å². The van der Waals surface area contributed by atoms with Crippen LogP contribution in [0.25, 0.3) is 31.8 Å². The van der Waals surface area contributed by atoms with Gasteiger partial charge >= 0.3 is 6.09 Å². The monoisotopic (exact) mass is 573 g/mol. The number of benzene rings is 3. The number of amides is 1. The molecule has 12 heteroatoms. The van der Waals surface area contributed by atoms with Gasteiger partial charge in [0, 0.05) is 24.4 Å². The third-order valence-electron chi connectivity index (χ3n) is 6.24. The zero-order valence-electron chi connectivity index (χ0n) is 21.5. The highest BCUT2D eigenvalue weighted by molar-refractivity contribution is 7.22. The van der Waals surface area contributed by atoms with Crippen LogP contribution in [0.4, 0.5) is 10.5 Å². The Morgan fingerprint density at radius 2 is 2.08 bits per heavy atom. The molecule has 0 saturated carbocycles. The second kappa shape index (κ2) is 10.1. The van der Waals surface area contributed by atoms with Crippen molar-refractivity contribution in [3.63, 3.8) is 0 Å². The van der Waals surface area contributed by atoms with Gasteiger partial charge in [0.2, 0.25) is 5.88 Å². The summed E-state index contributed by atoms with van der Waals surface area (Å²) in [4.78, 5) is 27.9. The van der Waals surface area contributed by atoms with Gasteiger partial charge in [0.25, 0.3) is 6.29 Å². The molecule has 0 saturated heterocycles. The highest BCUT2D eigenvalue weighted by Gasteiger charge is 2.30. The molecule has 5 aromatic rings. The van der Waals surface area contributed by atoms with Crippen molar-refractivity contribution < 1.29 is 23.7 Å². The van der Waals surface area contributed by atoms with E-state index in [0.717, 1.165) is 11.1 Å². The lowest BCUT2D eigenvalue weighted by Gasteiger charge is -2.28. The predicted octanol–water partition coefficient (Wildman–Crippen LogP) is 6.12. The molecule has 0 radical (unpaired) electrons. The number of rotatable bonds is 4. The molecule has 3 heterocycles. The van der Waals surface area contributed by atoms with Crippen LogP contribution >= 0.6 is 22.9 Å². The molecule has 40 heavy (non-hydrogen) atoms. The minimum atomic E-state index is -1.01. The molecule has 0 N–H and O–H groups in total. The standard InChI is InChI=1S/C28H20ClN5O5S/c1-14-7-17(23-19(8-14)32-21(36-3)12-31-23)27-33-24-18(29)10-20-25(26(24)40-27)37-13-22(38-20)39-28(35)34(2)16-6-4-5-15(9-16)11-30/h4-10,12,22H,13H2,1-3H3/t22-/m1/s1. The van der Waals surface area contributed by atoms with Gasteiger partial charge in [-0.05, 0) is 42.8 Å². The van der Waals surface area contributed by atoms with Crippen molar-refractivity contribution in [2.45, 2.75) is 13.2 Å². The SMILES string of the molecule is COc1cnc2c(-c3nc4c(Cl)cc5c(c4s3)OC[C@@H](OC(=O)N(C)c3cccc(C#N)c3)O5)cc(C)cc2n1. The second-order valence-electron chi connectivity index (χ2n) is 8.94. The maximum Gasteiger partial charge on any atom is 0.417 e. The molecule has 6 rings (SSSR count). The van der Waals surface area contributed by atoms with Crippen LogP contribution < -0.4 is 19.1 Å². The lowest BCUT2D eigenvalue weighted by atomic mass is 10.1. The van der Waals surface area contributed by atoms with E-state index in [1.54, 1.807) is 50.7 Å². The minimum absolute atomic E-state index is 0.0343. The van der Waals surface area contributed by atoms with Gasteiger partial charge in [-0.3, -0.25) is 4.90 Å². The van der Waals surface area contributed by atoms with E-state index in [1.807, 2.05) is 25.1 Å². The van der Waals surface area contributed by atoms with Crippen LogP contribution in [0.5, 0.6) is 17.4 Å². The number of methoxy groups -OCH3 is 1. The van der Waals surface area contributed by atoms with Gasteiger partial charge in [0.05, 0.1) is 41.0 Å². The number of aromatic nitrogens is 3. The first-order valence-electron chi connectivity index (χ1n) is 12.0. The van der Waals surface area contributed by atoms with Crippen LogP contribution in [0.2, 0.25) is 5.02 Å². The highest BCUT2D eigenvalue weighted by Crippen LogP contribution is 2.47. The third-order valence-corrected chi connectivity index (χ3v) is 7.62. The molecule has 0 fully saturated rings. The normalized spacial score (nSPS) is 14.1. The summed E-state index contributed by atoms with van der Waals surface area (Å²) in [6.45, 7) is 1.94. The van der Waals surface area contributed by atoms with Crippen LogP contribution in [0.1, 0.15) is 11.1 Å². The first-order valence-corrected chi connectivity index (χ1v) is 13.2. The van der Waals surface area contributed by atoms with Gasteiger partial charge in [-0.1, -0.05) is 17.7 Å². The molecular formula is C28H20ClN5O5S. The molecule has 0 spiro atoms. The summed E-state index contributed by atoms with van der Waals surface area (Å²) >= 11 is 8.01. The Bertz CT molecular complexity index is 1850. The van der Waals surface area contributed by atoms with Crippen molar-refractivity contribution in [2.75, 3.05) is 25.7 Å². The van der Waals surface area contributed by atoms with E-state index in [-0.39, 0.29) is 6.61 Å². The number of halogens is 1. The quantitative estimate of drug-likeness (QED) is 0.250. The Labute approximate surface area is 237 Å². The second-order valence-corrected chi connectivity index (χ2v) is 10.3. The summed E-state index contributed by atoms with van der Waals surface area (Å²) in [5, 5.41) is 10.2. The van der Waals surface area contributed by atoms with E-state index in [0.29, 0.717) is 59.9 Å². The van der Waals surface area contributed by atoms with E-state index in [4.69, 9.17) is 40.8 Å². The van der Waals surface area contributed by atoms with E-state index >= 15 is 0 Å². The summed E-state index contributed by atoms with van der Waals surface area (Å²) in [6.07, 6.45) is -0.101.